The second-order valence-corrected chi connectivity index (χ2v) is 20.9. The maximum absolute atomic E-state index is 13.8. The number of benzene rings is 2. The Labute approximate surface area is 434 Å². The molecule has 2 aromatic carbocycles. The molecule has 8 rings (SSSR count). The van der Waals surface area contributed by atoms with Crippen LogP contribution in [0.3, 0.4) is 0 Å². The van der Waals surface area contributed by atoms with Crippen molar-refractivity contribution in [2.75, 3.05) is 73.6 Å². The van der Waals surface area contributed by atoms with Crippen molar-refractivity contribution in [3.63, 3.8) is 0 Å². The van der Waals surface area contributed by atoms with E-state index in [2.05, 4.69) is 41.4 Å². The number of hydrogen-bond acceptors (Lipinski definition) is 17. The van der Waals surface area contributed by atoms with Crippen LogP contribution in [-0.2, 0) is 32.2 Å². The molecular formula is C49H58N14O9S2. The fraction of sp³-hybridized carbons (Fsp3) is 0.388. The van der Waals surface area contributed by atoms with Crippen molar-refractivity contribution in [1.82, 2.24) is 49.1 Å². The number of amides is 6. The molecule has 6 amide bonds. The Morgan fingerprint density at radius 1 is 0.608 bits per heavy atom. The van der Waals surface area contributed by atoms with E-state index in [1.165, 1.54) is 28.7 Å². The third kappa shape index (κ3) is 12.1. The fourth-order valence-corrected chi connectivity index (χ4v) is 9.85. The molecule has 0 atom stereocenters. The zero-order valence-electron chi connectivity index (χ0n) is 42.2. The van der Waals surface area contributed by atoms with Crippen LogP contribution in [0.4, 0.5) is 38.1 Å². The first kappa shape index (κ1) is 52.3. The van der Waals surface area contributed by atoms with Crippen molar-refractivity contribution >= 4 is 91.6 Å². The minimum absolute atomic E-state index is 0.0120. The number of nitrogens with zero attached hydrogens (tertiary/aromatic N) is 10. The van der Waals surface area contributed by atoms with Crippen molar-refractivity contribution in [1.29, 1.82) is 0 Å². The van der Waals surface area contributed by atoms with Gasteiger partial charge in [0.05, 0.1) is 23.8 Å². The van der Waals surface area contributed by atoms with Crippen LogP contribution in [0.25, 0.3) is 11.1 Å². The SMILES string of the molecule is CC(=O)N1CCN(C(=O)Cn2ccc(Nc3ncc(C(=O)Nc4c(C)c(O)cc(-c5cc(O)c(C)c(NC(=O)c6cnc(Nc7ccn(CC(=O)N8CCN(C(=O)OC(C)(C)C)CC8)n7)s6)c5C)c4C)s3)n2)CC1. The molecule has 25 heteroatoms. The Balaban J connectivity index is 0.881. The molecule has 0 bridgehead atoms. The molecule has 0 unspecified atom stereocenters. The van der Waals surface area contributed by atoms with Crippen LogP contribution in [0.2, 0.25) is 0 Å². The highest BCUT2D eigenvalue weighted by molar-refractivity contribution is 7.18. The molecule has 390 valence electrons. The molecule has 2 aliphatic rings. The number of carbonyl (C=O) groups excluding carboxylic acids is 6. The van der Waals surface area contributed by atoms with E-state index in [1.54, 1.807) is 84.0 Å². The van der Waals surface area contributed by atoms with Gasteiger partial charge in [0, 0.05) is 94.9 Å². The number of rotatable bonds is 13. The number of piperazine rings is 2. The Morgan fingerprint density at radius 2 is 1.00 bits per heavy atom. The molecule has 0 saturated carbocycles. The highest BCUT2D eigenvalue weighted by atomic mass is 32.1. The predicted molar refractivity (Wildman–Crippen MR) is 279 cm³/mol. The molecular weight excluding hydrogens is 993 g/mol. The van der Waals surface area contributed by atoms with Gasteiger partial charge in [-0.05, 0) is 82.9 Å². The second-order valence-electron chi connectivity index (χ2n) is 18.9. The lowest BCUT2D eigenvalue weighted by Gasteiger charge is -2.35. The number of hydrogen-bond donors (Lipinski definition) is 6. The number of carbonyl (C=O) groups is 6. The van der Waals surface area contributed by atoms with E-state index < -0.39 is 23.5 Å². The number of phenolic OH excluding ortho intramolecular Hbond substituents is 2. The largest absolute Gasteiger partial charge is 0.508 e. The van der Waals surface area contributed by atoms with Gasteiger partial charge in [0.25, 0.3) is 11.8 Å². The lowest BCUT2D eigenvalue weighted by Crippen LogP contribution is -2.52. The summed E-state index contributed by atoms with van der Waals surface area (Å²) in [6.07, 6.45) is 5.74. The van der Waals surface area contributed by atoms with Gasteiger partial charge in [-0.2, -0.15) is 10.2 Å². The molecule has 74 heavy (non-hydrogen) atoms. The molecule has 23 nitrogen and oxygen atoms in total. The average molecular weight is 1050 g/mol. The maximum atomic E-state index is 13.8. The van der Waals surface area contributed by atoms with Crippen molar-refractivity contribution < 1.29 is 43.7 Å². The monoisotopic (exact) mass is 1050 g/mol. The summed E-state index contributed by atoms with van der Waals surface area (Å²) in [5, 5.41) is 44.1. The molecule has 0 radical (unpaired) electrons. The number of nitrogens with one attached hydrogen (secondary N) is 4. The van der Waals surface area contributed by atoms with E-state index in [0.29, 0.717) is 119 Å². The minimum Gasteiger partial charge on any atom is -0.508 e. The van der Waals surface area contributed by atoms with Gasteiger partial charge in [-0.1, -0.05) is 22.7 Å². The fourth-order valence-electron chi connectivity index (χ4n) is 8.42. The van der Waals surface area contributed by atoms with Crippen LogP contribution in [0.1, 0.15) is 69.3 Å². The summed E-state index contributed by atoms with van der Waals surface area (Å²) in [6.45, 7) is 17.2. The van der Waals surface area contributed by atoms with Gasteiger partial charge in [-0.15, -0.1) is 0 Å². The topological polar surface area (TPSA) is 275 Å². The highest BCUT2D eigenvalue weighted by Gasteiger charge is 2.29. The molecule has 2 fully saturated rings. The van der Waals surface area contributed by atoms with Gasteiger partial charge in [-0.3, -0.25) is 33.3 Å². The molecule has 4 aromatic heterocycles. The van der Waals surface area contributed by atoms with Crippen LogP contribution in [-0.4, -0.2) is 153 Å². The molecule has 6 heterocycles. The van der Waals surface area contributed by atoms with Crippen molar-refractivity contribution in [3.8, 4) is 22.6 Å². The lowest BCUT2D eigenvalue weighted by molar-refractivity contribution is -0.138. The quantitative estimate of drug-likeness (QED) is 0.0767. The third-order valence-electron chi connectivity index (χ3n) is 12.6. The number of phenols is 2. The average Bonchev–Trinajstić information content (AvgIpc) is 4.21. The number of anilines is 6. The van der Waals surface area contributed by atoms with Gasteiger partial charge in [0.1, 0.15) is 39.9 Å². The Morgan fingerprint density at radius 3 is 1.39 bits per heavy atom. The van der Waals surface area contributed by atoms with Gasteiger partial charge >= 0.3 is 6.09 Å². The van der Waals surface area contributed by atoms with E-state index in [1.807, 2.05) is 20.8 Å². The summed E-state index contributed by atoms with van der Waals surface area (Å²) in [5.41, 5.74) is 3.07. The predicted octanol–water partition coefficient (Wildman–Crippen LogP) is 6.07. The first-order valence-corrected chi connectivity index (χ1v) is 25.3. The molecule has 2 aliphatic heterocycles. The van der Waals surface area contributed by atoms with Gasteiger partial charge in [-0.25, -0.2) is 14.8 Å². The van der Waals surface area contributed by atoms with Crippen molar-refractivity contribution in [3.05, 3.63) is 81.1 Å². The van der Waals surface area contributed by atoms with Gasteiger partial charge in [0.15, 0.2) is 21.9 Å². The van der Waals surface area contributed by atoms with Gasteiger partial charge in [0.2, 0.25) is 17.7 Å². The van der Waals surface area contributed by atoms with Crippen LogP contribution in [0.5, 0.6) is 11.5 Å². The van der Waals surface area contributed by atoms with Crippen LogP contribution in [0.15, 0.2) is 49.1 Å². The standard InChI is InChI=1S/C49H58N14O9S2/c1-27-32(21-34(65)29(3)42(27)54-44(69)36-23-50-46(73-36)52-38-9-11-62(56-38)25-40(67)59-15-13-58(14-16-59)31(5)64)33-22-35(66)30(4)43(28(33)2)55-45(70)37-24-51-47(74-37)53-39-10-12-63(57-39)26-41(68)60-17-19-61(20-18-60)48(71)72-49(6,7)8/h9-12,21-24,65-66H,13-20,25-26H2,1-8H3,(H,54,69)(H,55,70)(H,50,52,56)(H,51,53,57). The van der Waals surface area contributed by atoms with Crippen molar-refractivity contribution in [2.24, 2.45) is 0 Å². The zero-order chi connectivity index (χ0) is 53.2. The summed E-state index contributed by atoms with van der Waals surface area (Å²) in [4.78, 5) is 93.5. The normalized spacial score (nSPS) is 13.9. The van der Waals surface area contributed by atoms with Crippen LogP contribution >= 0.6 is 22.7 Å². The van der Waals surface area contributed by atoms with E-state index in [-0.39, 0.29) is 52.1 Å². The van der Waals surface area contributed by atoms with Gasteiger partial charge < -0.3 is 55.8 Å². The smallest absolute Gasteiger partial charge is 0.410 e. The second kappa shape index (κ2) is 21.6. The summed E-state index contributed by atoms with van der Waals surface area (Å²) < 4.78 is 8.45. The zero-order valence-corrected chi connectivity index (χ0v) is 43.9. The molecule has 6 aromatic rings. The van der Waals surface area contributed by atoms with E-state index in [9.17, 15) is 39.0 Å². The van der Waals surface area contributed by atoms with E-state index in [0.717, 1.165) is 22.7 Å². The number of thiazole rings is 2. The molecule has 6 N–H and O–H groups in total. The molecule has 0 aliphatic carbocycles. The Hall–Kier alpha value is -8.06. The summed E-state index contributed by atoms with van der Waals surface area (Å²) in [5.74, 6) is -0.645. The number of aromatic hydroxyl groups is 2. The van der Waals surface area contributed by atoms with Crippen molar-refractivity contribution in [2.45, 2.75) is 74.1 Å². The summed E-state index contributed by atoms with van der Waals surface area (Å²) >= 11 is 2.15. The summed E-state index contributed by atoms with van der Waals surface area (Å²) in [7, 11) is 0. The molecule has 0 spiro atoms. The number of aromatic nitrogens is 6. The van der Waals surface area contributed by atoms with E-state index >= 15 is 0 Å². The lowest BCUT2D eigenvalue weighted by atomic mass is 9.90. The first-order valence-electron chi connectivity index (χ1n) is 23.7. The molecule has 2 saturated heterocycles. The summed E-state index contributed by atoms with van der Waals surface area (Å²) in [6, 6.07) is 6.47. The van der Waals surface area contributed by atoms with Crippen LogP contribution in [0, 0.1) is 27.7 Å². The highest BCUT2D eigenvalue weighted by Crippen LogP contribution is 2.43. The Bertz CT molecular complexity index is 3140. The Kier molecular flexibility index (Phi) is 15.2. The third-order valence-corrected chi connectivity index (χ3v) is 14.4. The number of ether oxygens (including phenoxy) is 1. The van der Waals surface area contributed by atoms with Crippen LogP contribution < -0.4 is 21.3 Å². The van der Waals surface area contributed by atoms with E-state index in [4.69, 9.17) is 4.74 Å². The maximum Gasteiger partial charge on any atom is 0.410 e. The minimum atomic E-state index is -0.608. The first-order chi connectivity index (χ1) is 35.1.